The Morgan fingerprint density at radius 2 is 2.00 bits per heavy atom. The lowest BCUT2D eigenvalue weighted by Gasteiger charge is -2.19. The molecule has 0 saturated heterocycles. The number of halogens is 2. The highest BCUT2D eigenvalue weighted by Crippen LogP contribution is 2.31. The molecule has 88 valence electrons. The van der Waals surface area contributed by atoms with Crippen molar-refractivity contribution in [3.05, 3.63) is 27.7 Å². The molecule has 2 nitrogen and oxygen atoms in total. The van der Waals surface area contributed by atoms with Gasteiger partial charge in [0.15, 0.2) is 0 Å². The number of anilines is 1. The van der Waals surface area contributed by atoms with E-state index in [9.17, 15) is 5.11 Å². The minimum Gasteiger partial charge on any atom is -0.391 e. The third-order valence-corrected chi connectivity index (χ3v) is 3.79. The van der Waals surface area contributed by atoms with E-state index in [2.05, 4.69) is 5.32 Å². The van der Waals surface area contributed by atoms with E-state index in [0.29, 0.717) is 10.0 Å². The van der Waals surface area contributed by atoms with Crippen LogP contribution in [-0.4, -0.2) is 17.3 Å². The van der Waals surface area contributed by atoms with Gasteiger partial charge in [-0.1, -0.05) is 23.2 Å². The largest absolute Gasteiger partial charge is 0.391 e. The van der Waals surface area contributed by atoms with E-state index >= 15 is 0 Å². The zero-order valence-electron chi connectivity index (χ0n) is 9.13. The van der Waals surface area contributed by atoms with Crippen LogP contribution in [0.2, 0.25) is 10.0 Å². The molecule has 0 heterocycles. The molecule has 1 aliphatic carbocycles. The van der Waals surface area contributed by atoms with Crippen molar-refractivity contribution in [2.45, 2.75) is 38.3 Å². The third-order valence-electron chi connectivity index (χ3n) is 3.07. The average molecular weight is 260 g/mol. The summed E-state index contributed by atoms with van der Waals surface area (Å²) >= 11 is 12.2. The average Bonchev–Trinajstić information content (AvgIpc) is 2.61. The molecular formula is C12H15Cl2NO. The maximum Gasteiger partial charge on any atom is 0.0741 e. The molecule has 0 aliphatic heterocycles. The lowest BCUT2D eigenvalue weighted by atomic mass is 10.1. The molecule has 2 rings (SSSR count). The van der Waals surface area contributed by atoms with Crippen LogP contribution in [0.1, 0.15) is 24.8 Å². The Hall–Kier alpha value is -0.440. The molecule has 1 saturated carbocycles. The summed E-state index contributed by atoms with van der Waals surface area (Å²) in [4.78, 5) is 0. The van der Waals surface area contributed by atoms with E-state index in [1.807, 2.05) is 19.1 Å². The Kier molecular flexibility index (Phi) is 3.63. The van der Waals surface area contributed by atoms with Gasteiger partial charge in [0.1, 0.15) is 0 Å². The Morgan fingerprint density at radius 1 is 1.25 bits per heavy atom. The smallest absolute Gasteiger partial charge is 0.0741 e. The van der Waals surface area contributed by atoms with Gasteiger partial charge in [-0.15, -0.1) is 0 Å². The van der Waals surface area contributed by atoms with Gasteiger partial charge < -0.3 is 10.4 Å². The molecule has 1 fully saturated rings. The predicted molar refractivity (Wildman–Crippen MR) is 68.5 cm³/mol. The van der Waals surface area contributed by atoms with Gasteiger partial charge in [0.05, 0.1) is 22.9 Å². The van der Waals surface area contributed by atoms with E-state index in [1.165, 1.54) is 0 Å². The Labute approximate surface area is 106 Å². The van der Waals surface area contributed by atoms with Gasteiger partial charge in [0.25, 0.3) is 0 Å². The quantitative estimate of drug-likeness (QED) is 0.851. The molecule has 0 radical (unpaired) electrons. The predicted octanol–water partition coefficient (Wildman–Crippen LogP) is 3.63. The maximum absolute atomic E-state index is 9.73. The topological polar surface area (TPSA) is 32.3 Å². The number of aliphatic hydroxyl groups is 1. The fourth-order valence-electron chi connectivity index (χ4n) is 2.07. The van der Waals surface area contributed by atoms with E-state index in [-0.39, 0.29) is 12.1 Å². The number of nitrogens with one attached hydrogen (secondary N) is 1. The van der Waals surface area contributed by atoms with Gasteiger partial charge in [-0.05, 0) is 43.9 Å². The summed E-state index contributed by atoms with van der Waals surface area (Å²) in [6.45, 7) is 1.92. The van der Waals surface area contributed by atoms with Crippen LogP contribution in [0.3, 0.4) is 0 Å². The molecule has 4 heteroatoms. The van der Waals surface area contributed by atoms with Crippen LogP contribution >= 0.6 is 23.2 Å². The summed E-state index contributed by atoms with van der Waals surface area (Å²) in [7, 11) is 0. The van der Waals surface area contributed by atoms with Crippen LogP contribution < -0.4 is 5.32 Å². The van der Waals surface area contributed by atoms with Crippen LogP contribution in [0, 0.1) is 6.92 Å². The molecule has 1 aliphatic rings. The van der Waals surface area contributed by atoms with Crippen molar-refractivity contribution in [1.82, 2.24) is 0 Å². The zero-order valence-corrected chi connectivity index (χ0v) is 10.6. The van der Waals surface area contributed by atoms with Crippen molar-refractivity contribution in [2.75, 3.05) is 5.32 Å². The first-order valence-electron chi connectivity index (χ1n) is 5.48. The van der Waals surface area contributed by atoms with E-state index in [1.54, 1.807) is 0 Å². The number of rotatable bonds is 2. The van der Waals surface area contributed by atoms with E-state index in [0.717, 1.165) is 30.5 Å². The minimum absolute atomic E-state index is 0.0938. The number of aryl methyl sites for hydroxylation is 1. The lowest BCUT2D eigenvalue weighted by Crippen LogP contribution is -2.28. The first-order valence-corrected chi connectivity index (χ1v) is 6.24. The Balaban J connectivity index is 2.18. The number of hydrogen-bond donors (Lipinski definition) is 2. The second-order valence-electron chi connectivity index (χ2n) is 4.33. The van der Waals surface area contributed by atoms with Crippen molar-refractivity contribution < 1.29 is 5.11 Å². The Bertz CT molecular complexity index is 395. The Morgan fingerprint density at radius 3 is 2.62 bits per heavy atom. The van der Waals surface area contributed by atoms with Crippen molar-refractivity contribution in [2.24, 2.45) is 0 Å². The summed E-state index contributed by atoms with van der Waals surface area (Å²) < 4.78 is 0. The fourth-order valence-corrected chi connectivity index (χ4v) is 2.50. The third kappa shape index (κ3) is 2.45. The van der Waals surface area contributed by atoms with Gasteiger partial charge in [0, 0.05) is 5.02 Å². The van der Waals surface area contributed by atoms with Crippen LogP contribution in [-0.2, 0) is 0 Å². The molecule has 16 heavy (non-hydrogen) atoms. The van der Waals surface area contributed by atoms with Crippen LogP contribution in [0.15, 0.2) is 12.1 Å². The molecule has 2 unspecified atom stereocenters. The summed E-state index contributed by atoms with van der Waals surface area (Å²) in [6.07, 6.45) is 2.60. The van der Waals surface area contributed by atoms with E-state index < -0.39 is 0 Å². The van der Waals surface area contributed by atoms with Crippen molar-refractivity contribution in [1.29, 1.82) is 0 Å². The summed E-state index contributed by atoms with van der Waals surface area (Å²) in [6, 6.07) is 3.76. The zero-order chi connectivity index (χ0) is 11.7. The molecule has 0 bridgehead atoms. The highest BCUT2D eigenvalue weighted by Gasteiger charge is 2.25. The molecule has 2 N–H and O–H groups in total. The highest BCUT2D eigenvalue weighted by molar-refractivity contribution is 6.35. The van der Waals surface area contributed by atoms with Crippen molar-refractivity contribution in [3.8, 4) is 0 Å². The number of benzene rings is 1. The highest BCUT2D eigenvalue weighted by atomic mass is 35.5. The lowest BCUT2D eigenvalue weighted by molar-refractivity contribution is 0.172. The van der Waals surface area contributed by atoms with Crippen LogP contribution in [0.25, 0.3) is 0 Å². The van der Waals surface area contributed by atoms with Gasteiger partial charge in [-0.25, -0.2) is 0 Å². The van der Waals surface area contributed by atoms with Crippen molar-refractivity contribution >= 4 is 28.9 Å². The van der Waals surface area contributed by atoms with E-state index in [4.69, 9.17) is 23.2 Å². The minimum atomic E-state index is -0.281. The number of hydrogen-bond acceptors (Lipinski definition) is 2. The summed E-state index contributed by atoms with van der Waals surface area (Å²) in [5, 5.41) is 14.3. The van der Waals surface area contributed by atoms with Gasteiger partial charge in [0.2, 0.25) is 0 Å². The maximum atomic E-state index is 9.73. The molecule has 2 atom stereocenters. The molecule has 1 aromatic carbocycles. The monoisotopic (exact) mass is 259 g/mol. The first kappa shape index (κ1) is 12.0. The van der Waals surface area contributed by atoms with Gasteiger partial charge >= 0.3 is 0 Å². The molecule has 0 spiro atoms. The second kappa shape index (κ2) is 4.82. The number of aliphatic hydroxyl groups excluding tert-OH is 1. The van der Waals surface area contributed by atoms with Crippen LogP contribution in [0.5, 0.6) is 0 Å². The SMILES string of the molecule is Cc1cc(Cl)c(NC2CCCC2O)cc1Cl. The van der Waals surface area contributed by atoms with Gasteiger partial charge in [-0.2, -0.15) is 0 Å². The molecular weight excluding hydrogens is 245 g/mol. The molecule has 0 amide bonds. The molecule has 0 aromatic heterocycles. The summed E-state index contributed by atoms with van der Waals surface area (Å²) in [5.74, 6) is 0. The van der Waals surface area contributed by atoms with Crippen LogP contribution in [0.4, 0.5) is 5.69 Å². The fraction of sp³-hybridized carbons (Fsp3) is 0.500. The summed E-state index contributed by atoms with van der Waals surface area (Å²) in [5.41, 5.74) is 1.77. The van der Waals surface area contributed by atoms with Crippen molar-refractivity contribution in [3.63, 3.8) is 0 Å². The first-order chi connectivity index (χ1) is 7.58. The second-order valence-corrected chi connectivity index (χ2v) is 5.14. The van der Waals surface area contributed by atoms with Gasteiger partial charge in [-0.3, -0.25) is 0 Å². The molecule has 1 aromatic rings. The standard InChI is InChI=1S/C12H15Cl2NO/c1-7-5-9(14)11(6-8(7)13)15-10-3-2-4-12(10)16/h5-6,10,12,15-16H,2-4H2,1H3. The normalized spacial score (nSPS) is 24.8.